The topological polar surface area (TPSA) is 90.5 Å². The normalized spacial score (nSPS) is 13.0. The van der Waals surface area contributed by atoms with Crippen LogP contribution in [0.1, 0.15) is 30.6 Å². The third kappa shape index (κ3) is 4.68. The van der Waals surface area contributed by atoms with Crippen molar-refractivity contribution in [3.8, 4) is 0 Å². The third-order valence-corrected chi connectivity index (χ3v) is 4.42. The highest BCUT2D eigenvalue weighted by molar-refractivity contribution is 6.12. The largest absolute Gasteiger partial charge is 0.352 e. The van der Waals surface area contributed by atoms with E-state index < -0.39 is 6.03 Å². The van der Waals surface area contributed by atoms with E-state index in [0.29, 0.717) is 35.1 Å². The second-order valence-corrected chi connectivity index (χ2v) is 7.10. The van der Waals surface area contributed by atoms with E-state index in [1.165, 1.54) is 4.90 Å². The van der Waals surface area contributed by atoms with Crippen molar-refractivity contribution in [3.05, 3.63) is 54.1 Å². The summed E-state index contributed by atoms with van der Waals surface area (Å²) in [5.41, 5.74) is 2.32. The summed E-state index contributed by atoms with van der Waals surface area (Å²) in [6.45, 7) is 4.78. The smallest absolute Gasteiger partial charge is 0.326 e. The highest BCUT2D eigenvalue weighted by Crippen LogP contribution is 2.29. The number of rotatable bonds is 5. The van der Waals surface area contributed by atoms with E-state index in [0.717, 1.165) is 6.42 Å². The van der Waals surface area contributed by atoms with Crippen LogP contribution in [-0.2, 0) is 4.79 Å². The van der Waals surface area contributed by atoms with Gasteiger partial charge in [0.2, 0.25) is 5.91 Å². The Labute approximate surface area is 164 Å². The monoisotopic (exact) mass is 380 g/mol. The molecule has 0 saturated carbocycles. The number of carbonyl (C=O) groups is 3. The zero-order valence-electron chi connectivity index (χ0n) is 16.0. The molecule has 0 aliphatic carbocycles. The fraction of sp³-hybridized carbons (Fsp3) is 0.286. The van der Waals surface area contributed by atoms with Gasteiger partial charge in [-0.1, -0.05) is 26.0 Å². The molecule has 0 unspecified atom stereocenters. The molecule has 2 aromatic carbocycles. The molecule has 28 heavy (non-hydrogen) atoms. The van der Waals surface area contributed by atoms with Gasteiger partial charge in [0.1, 0.15) is 6.54 Å². The number of nitrogens with zero attached hydrogens (tertiary/aromatic N) is 1. The van der Waals surface area contributed by atoms with Gasteiger partial charge in [-0.2, -0.15) is 0 Å². The average molecular weight is 380 g/mol. The summed E-state index contributed by atoms with van der Waals surface area (Å²) in [5.74, 6) is 0.141. The maximum Gasteiger partial charge on any atom is 0.326 e. The Morgan fingerprint density at radius 1 is 1.11 bits per heavy atom. The minimum atomic E-state index is -0.406. The van der Waals surface area contributed by atoms with Crippen molar-refractivity contribution in [1.29, 1.82) is 0 Å². The molecule has 0 fully saturated rings. The highest BCUT2D eigenvalue weighted by Gasteiger charge is 2.26. The van der Waals surface area contributed by atoms with Crippen molar-refractivity contribution in [2.45, 2.75) is 20.3 Å². The van der Waals surface area contributed by atoms with Crippen molar-refractivity contribution >= 4 is 34.9 Å². The zero-order chi connectivity index (χ0) is 20.1. The molecule has 0 aromatic heterocycles. The summed E-state index contributed by atoms with van der Waals surface area (Å²) in [6.07, 6.45) is 0.921. The first kappa shape index (κ1) is 19.4. The lowest BCUT2D eigenvalue weighted by atomic mass is 10.1. The molecule has 3 rings (SSSR count). The number of hydrogen-bond acceptors (Lipinski definition) is 3. The Morgan fingerprint density at radius 3 is 2.54 bits per heavy atom. The highest BCUT2D eigenvalue weighted by atomic mass is 16.2. The summed E-state index contributed by atoms with van der Waals surface area (Å²) in [5, 5.41) is 8.40. The van der Waals surface area contributed by atoms with Gasteiger partial charge in [-0.05, 0) is 48.7 Å². The van der Waals surface area contributed by atoms with Gasteiger partial charge in [0.05, 0.1) is 11.4 Å². The Morgan fingerprint density at radius 2 is 1.82 bits per heavy atom. The Bertz CT molecular complexity index is 877. The summed E-state index contributed by atoms with van der Waals surface area (Å²) in [4.78, 5) is 38.0. The standard InChI is InChI=1S/C21H24N4O3/c1-14(2)11-12-22-20(27)15-7-9-16(10-8-15)23-21(28)25-13-19(26)24-17-5-3-4-6-18(17)25/h3-10,14H,11-13H2,1-2H3,(H,22,27)(H,23,28)(H,24,26). The number of para-hydroxylation sites is 2. The van der Waals surface area contributed by atoms with Crippen molar-refractivity contribution in [1.82, 2.24) is 5.32 Å². The van der Waals surface area contributed by atoms with Gasteiger partial charge < -0.3 is 16.0 Å². The minimum absolute atomic E-state index is 0.0564. The number of nitrogens with one attached hydrogen (secondary N) is 3. The maximum atomic E-state index is 12.7. The van der Waals surface area contributed by atoms with Crippen LogP contribution in [-0.4, -0.2) is 30.9 Å². The van der Waals surface area contributed by atoms with E-state index in [-0.39, 0.29) is 18.4 Å². The number of hydrogen-bond donors (Lipinski definition) is 3. The molecule has 1 heterocycles. The molecule has 1 aliphatic rings. The van der Waals surface area contributed by atoms with Gasteiger partial charge in [0, 0.05) is 17.8 Å². The van der Waals surface area contributed by atoms with Crippen LogP contribution in [0.4, 0.5) is 21.9 Å². The van der Waals surface area contributed by atoms with E-state index >= 15 is 0 Å². The van der Waals surface area contributed by atoms with E-state index in [2.05, 4.69) is 29.8 Å². The van der Waals surface area contributed by atoms with Crippen LogP contribution in [0.3, 0.4) is 0 Å². The minimum Gasteiger partial charge on any atom is -0.352 e. The molecule has 0 spiro atoms. The van der Waals surface area contributed by atoms with Crippen LogP contribution < -0.4 is 20.9 Å². The maximum absolute atomic E-state index is 12.7. The van der Waals surface area contributed by atoms with Crippen molar-refractivity contribution in [2.75, 3.05) is 28.6 Å². The molecule has 2 aromatic rings. The van der Waals surface area contributed by atoms with Gasteiger partial charge in [-0.25, -0.2) is 4.79 Å². The van der Waals surface area contributed by atoms with E-state index in [9.17, 15) is 14.4 Å². The first-order valence-corrected chi connectivity index (χ1v) is 9.29. The zero-order valence-corrected chi connectivity index (χ0v) is 16.0. The second kappa shape index (κ2) is 8.56. The number of urea groups is 1. The van der Waals surface area contributed by atoms with Crippen LogP contribution in [0.2, 0.25) is 0 Å². The molecule has 0 radical (unpaired) electrons. The average Bonchev–Trinajstić information content (AvgIpc) is 2.67. The molecule has 7 nitrogen and oxygen atoms in total. The van der Waals surface area contributed by atoms with Gasteiger partial charge in [0.25, 0.3) is 5.91 Å². The van der Waals surface area contributed by atoms with Gasteiger partial charge in [0.15, 0.2) is 0 Å². The van der Waals surface area contributed by atoms with Crippen LogP contribution in [0.5, 0.6) is 0 Å². The molecule has 0 atom stereocenters. The lowest BCUT2D eigenvalue weighted by Gasteiger charge is -2.29. The third-order valence-electron chi connectivity index (χ3n) is 4.42. The van der Waals surface area contributed by atoms with E-state index in [1.54, 1.807) is 42.5 Å². The lowest BCUT2D eigenvalue weighted by Crippen LogP contribution is -2.44. The van der Waals surface area contributed by atoms with Crippen molar-refractivity contribution in [3.63, 3.8) is 0 Å². The molecule has 4 amide bonds. The molecule has 0 bridgehead atoms. The summed E-state index contributed by atoms with van der Waals surface area (Å²) >= 11 is 0. The molecule has 1 aliphatic heterocycles. The van der Waals surface area contributed by atoms with Crippen molar-refractivity contribution < 1.29 is 14.4 Å². The van der Waals surface area contributed by atoms with Crippen LogP contribution in [0.25, 0.3) is 0 Å². The van der Waals surface area contributed by atoms with Crippen molar-refractivity contribution in [2.24, 2.45) is 5.92 Å². The fourth-order valence-electron chi connectivity index (χ4n) is 2.89. The Balaban J connectivity index is 1.64. The first-order valence-electron chi connectivity index (χ1n) is 9.29. The Hall–Kier alpha value is -3.35. The summed E-state index contributed by atoms with van der Waals surface area (Å²) < 4.78 is 0. The molecular formula is C21H24N4O3. The first-order chi connectivity index (χ1) is 13.4. The van der Waals surface area contributed by atoms with Gasteiger partial charge in [-0.15, -0.1) is 0 Å². The van der Waals surface area contributed by atoms with Gasteiger partial charge in [-0.3, -0.25) is 14.5 Å². The molecule has 3 N–H and O–H groups in total. The molecular weight excluding hydrogens is 356 g/mol. The fourth-order valence-corrected chi connectivity index (χ4v) is 2.89. The number of benzene rings is 2. The number of carbonyl (C=O) groups excluding carboxylic acids is 3. The lowest BCUT2D eigenvalue weighted by molar-refractivity contribution is -0.115. The summed E-state index contributed by atoms with van der Waals surface area (Å²) in [7, 11) is 0. The SMILES string of the molecule is CC(C)CCNC(=O)c1ccc(NC(=O)N2CC(=O)Nc3ccccc32)cc1. The second-order valence-electron chi connectivity index (χ2n) is 7.10. The van der Waals surface area contributed by atoms with E-state index in [4.69, 9.17) is 0 Å². The predicted molar refractivity (Wildman–Crippen MR) is 110 cm³/mol. The molecule has 146 valence electrons. The van der Waals surface area contributed by atoms with Gasteiger partial charge >= 0.3 is 6.03 Å². The predicted octanol–water partition coefficient (Wildman–Crippen LogP) is 3.45. The number of amides is 4. The number of anilines is 3. The number of fused-ring (bicyclic) bond motifs is 1. The van der Waals surface area contributed by atoms with Crippen LogP contribution >= 0.6 is 0 Å². The van der Waals surface area contributed by atoms with E-state index in [1.807, 2.05) is 6.07 Å². The molecule has 0 saturated heterocycles. The Kier molecular flexibility index (Phi) is 5.93. The quantitative estimate of drug-likeness (QED) is 0.742. The van der Waals surface area contributed by atoms with Crippen LogP contribution in [0, 0.1) is 5.92 Å². The summed E-state index contributed by atoms with van der Waals surface area (Å²) in [6, 6.07) is 13.4. The van der Waals surface area contributed by atoms with Crippen LogP contribution in [0.15, 0.2) is 48.5 Å². The molecule has 7 heteroatoms.